The lowest BCUT2D eigenvalue weighted by Crippen LogP contribution is -2.36. The Hall–Kier alpha value is -0.120. The SMILES string of the molecule is CNC1CCC(OC2CCCC(OC)C2)CC1. The van der Waals surface area contributed by atoms with E-state index in [9.17, 15) is 0 Å². The first-order valence-electron chi connectivity index (χ1n) is 7.17. The maximum Gasteiger partial charge on any atom is 0.0603 e. The van der Waals surface area contributed by atoms with Crippen molar-refractivity contribution >= 4 is 0 Å². The van der Waals surface area contributed by atoms with Gasteiger partial charge in [-0.1, -0.05) is 0 Å². The molecule has 2 fully saturated rings. The molecule has 3 nitrogen and oxygen atoms in total. The molecule has 0 amide bonds. The summed E-state index contributed by atoms with van der Waals surface area (Å²) in [5.41, 5.74) is 0. The molecular weight excluding hydrogens is 214 g/mol. The van der Waals surface area contributed by atoms with Crippen molar-refractivity contribution in [1.82, 2.24) is 5.32 Å². The zero-order chi connectivity index (χ0) is 12.1. The van der Waals surface area contributed by atoms with Crippen molar-refractivity contribution in [2.75, 3.05) is 14.2 Å². The van der Waals surface area contributed by atoms with Crippen LogP contribution in [-0.2, 0) is 9.47 Å². The second-order valence-corrected chi connectivity index (χ2v) is 5.54. The fourth-order valence-electron chi connectivity index (χ4n) is 3.20. The van der Waals surface area contributed by atoms with Crippen LogP contribution in [0.3, 0.4) is 0 Å². The van der Waals surface area contributed by atoms with Gasteiger partial charge < -0.3 is 14.8 Å². The lowest BCUT2D eigenvalue weighted by atomic mass is 9.91. The van der Waals surface area contributed by atoms with Crippen LogP contribution in [0.1, 0.15) is 51.4 Å². The Balaban J connectivity index is 1.70. The van der Waals surface area contributed by atoms with Crippen molar-refractivity contribution in [2.45, 2.75) is 75.7 Å². The predicted molar refractivity (Wildman–Crippen MR) is 69.2 cm³/mol. The normalized spacial score (nSPS) is 39.2. The zero-order valence-electron chi connectivity index (χ0n) is 11.3. The molecular formula is C14H27NO2. The van der Waals surface area contributed by atoms with Crippen molar-refractivity contribution in [3.63, 3.8) is 0 Å². The molecule has 2 saturated carbocycles. The van der Waals surface area contributed by atoms with E-state index in [0.29, 0.717) is 24.4 Å². The van der Waals surface area contributed by atoms with Gasteiger partial charge in [0.05, 0.1) is 18.3 Å². The Kier molecular flexibility index (Phi) is 5.26. The highest BCUT2D eigenvalue weighted by Gasteiger charge is 2.27. The first-order chi connectivity index (χ1) is 8.31. The quantitative estimate of drug-likeness (QED) is 0.820. The van der Waals surface area contributed by atoms with Crippen LogP contribution in [0.5, 0.6) is 0 Å². The van der Waals surface area contributed by atoms with Crippen molar-refractivity contribution < 1.29 is 9.47 Å². The van der Waals surface area contributed by atoms with E-state index >= 15 is 0 Å². The molecule has 1 N–H and O–H groups in total. The van der Waals surface area contributed by atoms with E-state index in [1.807, 2.05) is 7.11 Å². The Bertz CT molecular complexity index is 214. The molecule has 0 radical (unpaired) electrons. The van der Waals surface area contributed by atoms with Crippen LogP contribution >= 0.6 is 0 Å². The second kappa shape index (κ2) is 6.72. The Morgan fingerprint density at radius 3 is 2.24 bits per heavy atom. The highest BCUT2D eigenvalue weighted by molar-refractivity contribution is 4.79. The average Bonchev–Trinajstić information content (AvgIpc) is 2.40. The fourth-order valence-corrected chi connectivity index (χ4v) is 3.20. The van der Waals surface area contributed by atoms with E-state index in [4.69, 9.17) is 9.47 Å². The third kappa shape index (κ3) is 3.94. The molecule has 17 heavy (non-hydrogen) atoms. The topological polar surface area (TPSA) is 30.5 Å². The van der Waals surface area contributed by atoms with Gasteiger partial charge in [0.15, 0.2) is 0 Å². The molecule has 0 aromatic rings. The summed E-state index contributed by atoms with van der Waals surface area (Å²) in [7, 11) is 3.89. The van der Waals surface area contributed by atoms with Crippen LogP contribution in [-0.4, -0.2) is 38.5 Å². The van der Waals surface area contributed by atoms with Gasteiger partial charge in [0.2, 0.25) is 0 Å². The van der Waals surface area contributed by atoms with Crippen LogP contribution in [0.25, 0.3) is 0 Å². The number of hydrogen-bond donors (Lipinski definition) is 1. The molecule has 2 aliphatic rings. The second-order valence-electron chi connectivity index (χ2n) is 5.54. The van der Waals surface area contributed by atoms with E-state index in [0.717, 1.165) is 6.42 Å². The highest BCUT2D eigenvalue weighted by Crippen LogP contribution is 2.28. The van der Waals surface area contributed by atoms with Gasteiger partial charge in [-0.05, 0) is 58.4 Å². The van der Waals surface area contributed by atoms with Gasteiger partial charge in [0, 0.05) is 13.2 Å². The zero-order valence-corrected chi connectivity index (χ0v) is 11.3. The number of methoxy groups -OCH3 is 1. The van der Waals surface area contributed by atoms with Crippen molar-refractivity contribution in [3.05, 3.63) is 0 Å². The first-order valence-corrected chi connectivity index (χ1v) is 7.17. The van der Waals surface area contributed by atoms with Crippen LogP contribution in [0.4, 0.5) is 0 Å². The van der Waals surface area contributed by atoms with Crippen LogP contribution in [0, 0.1) is 0 Å². The molecule has 0 aliphatic heterocycles. The molecule has 2 unspecified atom stereocenters. The molecule has 0 aromatic carbocycles. The maximum absolute atomic E-state index is 6.25. The molecule has 2 rings (SSSR count). The maximum atomic E-state index is 6.25. The largest absolute Gasteiger partial charge is 0.381 e. The summed E-state index contributed by atoms with van der Waals surface area (Å²) < 4.78 is 11.7. The van der Waals surface area contributed by atoms with Gasteiger partial charge in [-0.3, -0.25) is 0 Å². The summed E-state index contributed by atoms with van der Waals surface area (Å²) in [5, 5.41) is 3.37. The minimum Gasteiger partial charge on any atom is -0.381 e. The van der Waals surface area contributed by atoms with Crippen molar-refractivity contribution in [1.29, 1.82) is 0 Å². The summed E-state index contributed by atoms with van der Waals surface area (Å²) in [6.07, 6.45) is 11.2. The van der Waals surface area contributed by atoms with E-state index in [1.54, 1.807) is 0 Å². The molecule has 0 aromatic heterocycles. The summed E-state index contributed by atoms with van der Waals surface area (Å²) in [6, 6.07) is 0.716. The number of ether oxygens (including phenoxy) is 2. The molecule has 0 spiro atoms. The molecule has 100 valence electrons. The fraction of sp³-hybridized carbons (Fsp3) is 1.00. The minimum absolute atomic E-state index is 0.433. The highest BCUT2D eigenvalue weighted by atomic mass is 16.5. The predicted octanol–water partition coefficient (Wildman–Crippen LogP) is 2.49. The summed E-state index contributed by atoms with van der Waals surface area (Å²) in [5.74, 6) is 0. The monoisotopic (exact) mass is 241 g/mol. The van der Waals surface area contributed by atoms with E-state index < -0.39 is 0 Å². The summed E-state index contributed by atoms with van der Waals surface area (Å²) in [6.45, 7) is 0. The summed E-state index contributed by atoms with van der Waals surface area (Å²) >= 11 is 0. The van der Waals surface area contributed by atoms with Crippen LogP contribution < -0.4 is 5.32 Å². The van der Waals surface area contributed by atoms with Crippen molar-refractivity contribution in [2.24, 2.45) is 0 Å². The van der Waals surface area contributed by atoms with Crippen LogP contribution in [0.15, 0.2) is 0 Å². The van der Waals surface area contributed by atoms with Crippen molar-refractivity contribution in [3.8, 4) is 0 Å². The van der Waals surface area contributed by atoms with Gasteiger partial charge in [0.1, 0.15) is 0 Å². The van der Waals surface area contributed by atoms with Gasteiger partial charge in [-0.15, -0.1) is 0 Å². The smallest absolute Gasteiger partial charge is 0.0603 e. The molecule has 0 heterocycles. The minimum atomic E-state index is 0.433. The van der Waals surface area contributed by atoms with Gasteiger partial charge >= 0.3 is 0 Å². The molecule has 0 bridgehead atoms. The standard InChI is InChI=1S/C14H27NO2/c1-15-11-6-8-12(9-7-11)17-14-5-3-4-13(10-14)16-2/h11-15H,3-10H2,1-2H3. The molecule has 2 atom stereocenters. The lowest BCUT2D eigenvalue weighted by molar-refractivity contribution is -0.0767. The number of nitrogens with one attached hydrogen (secondary N) is 1. The van der Waals surface area contributed by atoms with Gasteiger partial charge in [-0.25, -0.2) is 0 Å². The summed E-state index contributed by atoms with van der Waals surface area (Å²) in [4.78, 5) is 0. The molecule has 3 heteroatoms. The molecule has 2 aliphatic carbocycles. The third-order valence-corrected chi connectivity index (χ3v) is 4.38. The first kappa shape index (κ1) is 13.3. The van der Waals surface area contributed by atoms with Gasteiger partial charge in [-0.2, -0.15) is 0 Å². The third-order valence-electron chi connectivity index (χ3n) is 4.38. The van der Waals surface area contributed by atoms with E-state index in [1.165, 1.54) is 44.9 Å². The van der Waals surface area contributed by atoms with E-state index in [-0.39, 0.29) is 0 Å². The van der Waals surface area contributed by atoms with Gasteiger partial charge in [0.25, 0.3) is 0 Å². The Morgan fingerprint density at radius 1 is 0.882 bits per heavy atom. The van der Waals surface area contributed by atoms with E-state index in [2.05, 4.69) is 12.4 Å². The number of hydrogen-bond acceptors (Lipinski definition) is 3. The average molecular weight is 241 g/mol. The molecule has 0 saturated heterocycles. The lowest BCUT2D eigenvalue weighted by Gasteiger charge is -2.34. The Morgan fingerprint density at radius 2 is 1.59 bits per heavy atom. The number of rotatable bonds is 4. The van der Waals surface area contributed by atoms with Crippen LogP contribution in [0.2, 0.25) is 0 Å². The Labute approximate surface area is 105 Å².